The summed E-state index contributed by atoms with van der Waals surface area (Å²) in [4.78, 5) is 18.7. The topological polar surface area (TPSA) is 81.5 Å². The van der Waals surface area contributed by atoms with Gasteiger partial charge in [-0.1, -0.05) is 11.6 Å². The molecule has 0 aliphatic carbocycles. The number of alkyl halides is 2. The third kappa shape index (κ3) is 3.86. The molecule has 1 unspecified atom stereocenters. The standard InChI is InChI=1S/C18H15ClF4N4O3/c19-14-9(20)5-8(6-10(14)21)13-15(11-3-1-2-4-29-11)26-27-16(13)24-17(25-18(27)28)30-7-12(22)23/h5-6,11-12H,1-4,7H2,(H,24,25,28). The number of aromatic amines is 1. The quantitative estimate of drug-likeness (QED) is 0.475. The Hall–Kier alpha value is -2.66. The zero-order valence-corrected chi connectivity index (χ0v) is 16.1. The molecule has 0 spiro atoms. The maximum atomic E-state index is 14.1. The van der Waals surface area contributed by atoms with Gasteiger partial charge in [0.05, 0.1) is 5.56 Å². The SMILES string of the molecule is O=c1[nH]c(OCC(F)F)nc2c(-c3cc(F)c(Cl)c(F)c3)c(C3CCCCO3)nn12. The molecule has 1 N–H and O–H groups in total. The van der Waals surface area contributed by atoms with Gasteiger partial charge in [0.25, 0.3) is 12.4 Å². The molecule has 1 aromatic carbocycles. The number of aromatic nitrogens is 4. The first-order valence-corrected chi connectivity index (χ1v) is 9.43. The number of hydrogen-bond acceptors (Lipinski definition) is 5. The largest absolute Gasteiger partial charge is 0.459 e. The van der Waals surface area contributed by atoms with Crippen molar-refractivity contribution in [1.29, 1.82) is 0 Å². The van der Waals surface area contributed by atoms with Crippen molar-refractivity contribution in [2.75, 3.05) is 13.2 Å². The third-order valence-electron chi connectivity index (χ3n) is 4.60. The van der Waals surface area contributed by atoms with Gasteiger partial charge in [0.15, 0.2) is 12.3 Å². The summed E-state index contributed by atoms with van der Waals surface area (Å²) < 4.78 is 64.7. The summed E-state index contributed by atoms with van der Waals surface area (Å²) in [5, 5.41) is 3.55. The first-order chi connectivity index (χ1) is 14.3. The van der Waals surface area contributed by atoms with Crippen molar-refractivity contribution >= 4 is 17.2 Å². The van der Waals surface area contributed by atoms with Crippen LogP contribution in [-0.2, 0) is 4.74 Å². The summed E-state index contributed by atoms with van der Waals surface area (Å²) in [6.07, 6.45) is -1.09. The second kappa shape index (κ2) is 8.23. The molecule has 12 heteroatoms. The Balaban J connectivity index is 1.94. The van der Waals surface area contributed by atoms with Crippen LogP contribution in [0.15, 0.2) is 16.9 Å². The summed E-state index contributed by atoms with van der Waals surface area (Å²) in [5.41, 5.74) is -0.536. The van der Waals surface area contributed by atoms with Gasteiger partial charge in [-0.15, -0.1) is 0 Å². The van der Waals surface area contributed by atoms with E-state index in [2.05, 4.69) is 15.1 Å². The van der Waals surface area contributed by atoms with Gasteiger partial charge in [-0.05, 0) is 37.0 Å². The van der Waals surface area contributed by atoms with E-state index in [0.717, 1.165) is 29.5 Å². The van der Waals surface area contributed by atoms with Crippen molar-refractivity contribution in [3.63, 3.8) is 0 Å². The van der Waals surface area contributed by atoms with Crippen LogP contribution in [0.5, 0.6) is 6.01 Å². The van der Waals surface area contributed by atoms with Crippen LogP contribution < -0.4 is 10.4 Å². The van der Waals surface area contributed by atoms with Crippen molar-refractivity contribution < 1.29 is 27.0 Å². The summed E-state index contributed by atoms with van der Waals surface area (Å²) in [6.45, 7) is -0.542. The number of halogens is 5. The zero-order valence-electron chi connectivity index (χ0n) is 15.3. The number of H-pyrrole nitrogens is 1. The lowest BCUT2D eigenvalue weighted by molar-refractivity contribution is 0.0125. The minimum atomic E-state index is -2.79. The minimum absolute atomic E-state index is 0.0199. The molecule has 160 valence electrons. The van der Waals surface area contributed by atoms with Crippen LogP contribution in [0.25, 0.3) is 16.8 Å². The Morgan fingerprint density at radius 2 is 2.03 bits per heavy atom. The summed E-state index contributed by atoms with van der Waals surface area (Å²) in [5.74, 6) is -2.03. The molecule has 1 aliphatic heterocycles. The Labute approximate surface area is 171 Å². The highest BCUT2D eigenvalue weighted by atomic mass is 35.5. The molecule has 3 aromatic rings. The van der Waals surface area contributed by atoms with Gasteiger partial charge in [-0.25, -0.2) is 22.4 Å². The first-order valence-electron chi connectivity index (χ1n) is 9.05. The second-order valence-corrected chi connectivity index (χ2v) is 7.03. The van der Waals surface area contributed by atoms with E-state index in [1.165, 1.54) is 0 Å². The highest BCUT2D eigenvalue weighted by Crippen LogP contribution is 2.38. The van der Waals surface area contributed by atoms with Crippen LogP contribution in [0.1, 0.15) is 31.1 Å². The smallest absolute Gasteiger partial charge is 0.352 e. The molecule has 7 nitrogen and oxygen atoms in total. The maximum Gasteiger partial charge on any atom is 0.352 e. The van der Waals surface area contributed by atoms with E-state index in [1.807, 2.05) is 0 Å². The van der Waals surface area contributed by atoms with Gasteiger partial charge in [-0.2, -0.15) is 14.6 Å². The molecule has 1 atom stereocenters. The van der Waals surface area contributed by atoms with Crippen LogP contribution in [0, 0.1) is 11.6 Å². The molecule has 3 heterocycles. The predicted octanol–water partition coefficient (Wildman–Crippen LogP) is 3.90. The Kier molecular flexibility index (Phi) is 5.65. The molecular weight excluding hydrogens is 432 g/mol. The second-order valence-electron chi connectivity index (χ2n) is 6.65. The molecule has 1 fully saturated rings. The van der Waals surface area contributed by atoms with Crippen molar-refractivity contribution in [1.82, 2.24) is 19.6 Å². The summed E-state index contributed by atoms with van der Waals surface area (Å²) in [6, 6.07) is 1.49. The lowest BCUT2D eigenvalue weighted by atomic mass is 9.98. The minimum Gasteiger partial charge on any atom is -0.459 e. The predicted molar refractivity (Wildman–Crippen MR) is 98.0 cm³/mol. The van der Waals surface area contributed by atoms with Gasteiger partial charge in [0.2, 0.25) is 0 Å². The number of fused-ring (bicyclic) bond motifs is 1. The van der Waals surface area contributed by atoms with E-state index in [4.69, 9.17) is 21.1 Å². The van der Waals surface area contributed by atoms with Gasteiger partial charge >= 0.3 is 5.69 Å². The molecule has 1 aliphatic rings. The normalized spacial score (nSPS) is 17.1. The molecule has 2 aromatic heterocycles. The van der Waals surface area contributed by atoms with Crippen LogP contribution in [0.2, 0.25) is 5.02 Å². The Morgan fingerprint density at radius 3 is 2.67 bits per heavy atom. The number of nitrogens with one attached hydrogen (secondary N) is 1. The number of hydrogen-bond donors (Lipinski definition) is 1. The van der Waals surface area contributed by atoms with Crippen LogP contribution in [-0.4, -0.2) is 39.2 Å². The molecule has 0 saturated carbocycles. The van der Waals surface area contributed by atoms with Crippen LogP contribution in [0.4, 0.5) is 17.6 Å². The molecule has 30 heavy (non-hydrogen) atoms. The molecule has 0 radical (unpaired) electrons. The fourth-order valence-electron chi connectivity index (χ4n) is 3.31. The molecule has 4 rings (SSSR count). The average molecular weight is 447 g/mol. The van der Waals surface area contributed by atoms with Gasteiger partial charge in [0, 0.05) is 6.61 Å². The lowest BCUT2D eigenvalue weighted by Gasteiger charge is -2.21. The first kappa shape index (κ1) is 20.6. The van der Waals surface area contributed by atoms with E-state index in [0.29, 0.717) is 13.0 Å². The highest BCUT2D eigenvalue weighted by molar-refractivity contribution is 6.31. The number of rotatable bonds is 5. The highest BCUT2D eigenvalue weighted by Gasteiger charge is 2.28. The molecule has 1 saturated heterocycles. The molecule has 0 bridgehead atoms. The summed E-state index contributed by atoms with van der Waals surface area (Å²) in [7, 11) is 0. The number of nitrogens with zero attached hydrogens (tertiary/aromatic N) is 3. The summed E-state index contributed by atoms with van der Waals surface area (Å²) >= 11 is 5.58. The number of benzene rings is 1. The van der Waals surface area contributed by atoms with Crippen molar-refractivity contribution in [2.45, 2.75) is 31.8 Å². The third-order valence-corrected chi connectivity index (χ3v) is 4.97. The van der Waals surface area contributed by atoms with Gasteiger partial charge in [0.1, 0.15) is 28.5 Å². The van der Waals surface area contributed by atoms with E-state index in [9.17, 15) is 22.4 Å². The van der Waals surface area contributed by atoms with Crippen molar-refractivity contribution in [3.8, 4) is 17.1 Å². The van der Waals surface area contributed by atoms with E-state index < -0.39 is 47.5 Å². The molecule has 0 amide bonds. The van der Waals surface area contributed by atoms with Crippen molar-refractivity contribution in [3.05, 3.63) is 45.0 Å². The van der Waals surface area contributed by atoms with E-state index >= 15 is 0 Å². The Bertz CT molecular complexity index is 1120. The Morgan fingerprint density at radius 1 is 1.30 bits per heavy atom. The fraction of sp³-hybridized carbons (Fsp3) is 0.389. The van der Waals surface area contributed by atoms with Crippen LogP contribution in [0.3, 0.4) is 0 Å². The van der Waals surface area contributed by atoms with Crippen molar-refractivity contribution in [2.24, 2.45) is 0 Å². The lowest BCUT2D eigenvalue weighted by Crippen LogP contribution is -2.21. The average Bonchev–Trinajstić information content (AvgIpc) is 3.11. The molecular formula is C18H15ClF4N4O3. The van der Waals surface area contributed by atoms with Gasteiger partial charge < -0.3 is 9.47 Å². The van der Waals surface area contributed by atoms with Crippen LogP contribution >= 0.6 is 11.6 Å². The van der Waals surface area contributed by atoms with Gasteiger partial charge in [-0.3, -0.25) is 4.98 Å². The number of ether oxygens (including phenoxy) is 2. The van der Waals surface area contributed by atoms with E-state index in [-0.39, 0.29) is 22.5 Å². The zero-order chi connectivity index (χ0) is 21.4. The van der Waals surface area contributed by atoms with E-state index in [1.54, 1.807) is 0 Å². The monoisotopic (exact) mass is 446 g/mol. The maximum absolute atomic E-state index is 14.1. The fourth-order valence-corrected chi connectivity index (χ4v) is 3.42.